The minimum atomic E-state index is -4.28. The number of nitrogens with one attached hydrogen (secondary N) is 1. The van der Waals surface area contributed by atoms with Gasteiger partial charge in [-0.25, -0.2) is 22.9 Å². The van der Waals surface area contributed by atoms with Gasteiger partial charge in [0.05, 0.1) is 15.8 Å². The number of fused-ring (bicyclic) bond motifs is 1. The fraction of sp³-hybridized carbons (Fsp3) is 0.143. The molecule has 1 aromatic carbocycles. The highest BCUT2D eigenvalue weighted by Gasteiger charge is 2.29. The third-order valence-electron chi connectivity index (χ3n) is 5.23. The Morgan fingerprint density at radius 3 is 2.35 bits per heavy atom. The molecule has 0 unspecified atom stereocenters. The molecule has 0 radical (unpaired) electrons. The molecule has 0 saturated carbocycles. The monoisotopic (exact) mass is 520 g/mol. The number of nitrogens with zero attached hydrogens (tertiary/aromatic N) is 3. The number of pyridine rings is 1. The van der Waals surface area contributed by atoms with Crippen molar-refractivity contribution in [2.75, 3.05) is 5.73 Å². The molecular formula is C21H19ClN5O5S2+. The van der Waals surface area contributed by atoms with Gasteiger partial charge in [-0.3, -0.25) is 18.7 Å². The second-order valence-corrected chi connectivity index (χ2v) is 11.3. The summed E-state index contributed by atoms with van der Waals surface area (Å²) >= 11 is 5.82. The molecule has 0 atom stereocenters. The van der Waals surface area contributed by atoms with Crippen LogP contribution in [0, 0.1) is 0 Å². The van der Waals surface area contributed by atoms with Crippen LogP contribution in [0.25, 0.3) is 11.0 Å². The molecule has 4 aromatic rings. The van der Waals surface area contributed by atoms with E-state index in [9.17, 15) is 22.8 Å². The summed E-state index contributed by atoms with van der Waals surface area (Å²) in [6.45, 7) is 0. The van der Waals surface area contributed by atoms with E-state index in [0.29, 0.717) is 5.02 Å². The van der Waals surface area contributed by atoms with Gasteiger partial charge in [-0.2, -0.15) is 0 Å². The highest BCUT2D eigenvalue weighted by molar-refractivity contribution is 7.90. The van der Waals surface area contributed by atoms with Crippen LogP contribution in [-0.4, -0.2) is 28.4 Å². The van der Waals surface area contributed by atoms with E-state index in [4.69, 9.17) is 17.3 Å². The molecule has 10 nitrogen and oxygen atoms in total. The Morgan fingerprint density at radius 1 is 1.12 bits per heavy atom. The Morgan fingerprint density at radius 2 is 1.74 bits per heavy atom. The predicted molar refractivity (Wildman–Crippen MR) is 131 cm³/mol. The summed E-state index contributed by atoms with van der Waals surface area (Å²) in [6.07, 6.45) is 0. The fourth-order valence-corrected chi connectivity index (χ4v) is 6.10. The highest BCUT2D eigenvalue weighted by Crippen LogP contribution is 2.30. The number of nitrogen functional groups attached to an aromatic ring is 1. The first-order valence-electron chi connectivity index (χ1n) is 9.75. The van der Waals surface area contributed by atoms with Crippen molar-refractivity contribution in [3.63, 3.8) is 0 Å². The lowest BCUT2D eigenvalue weighted by Crippen LogP contribution is -2.39. The SMILES string of the molecule is Cn1c(=O)c2c(C[s+]3cccc3)c(C(=O)NS(=O)(=O)c3ccc(Cl)cc3)c(N)nc2n(C)c1=O. The van der Waals surface area contributed by atoms with Crippen molar-refractivity contribution < 1.29 is 13.2 Å². The van der Waals surface area contributed by atoms with E-state index in [1.807, 2.05) is 27.6 Å². The number of thiophene rings is 1. The Labute approximate surface area is 201 Å². The standard InChI is InChI=1S/C21H18ClN5O5S2/c1-26-18-16(20(29)27(2)21(26)30)14(11-33-9-3-4-10-33)15(17(23)24-18)19(28)25-34(31,32)13-7-5-12(22)6-8-13/h3-10H,11H2,1-2H3,(H2-,23,24,25,28,29)/p+1. The van der Waals surface area contributed by atoms with Gasteiger partial charge in [-0.15, -0.1) is 0 Å². The second kappa shape index (κ2) is 8.70. The molecule has 1 amide bonds. The maximum absolute atomic E-state index is 13.3. The van der Waals surface area contributed by atoms with E-state index >= 15 is 0 Å². The number of anilines is 1. The number of amides is 1. The Hall–Kier alpha value is -3.48. The van der Waals surface area contributed by atoms with Crippen LogP contribution in [-0.2, 0) is 29.9 Å². The molecule has 176 valence electrons. The highest BCUT2D eigenvalue weighted by atomic mass is 35.5. The first-order chi connectivity index (χ1) is 16.0. The number of nitrogens with two attached hydrogens (primary N) is 1. The molecule has 3 heterocycles. The Bertz CT molecular complexity index is 1660. The van der Waals surface area contributed by atoms with Crippen molar-refractivity contribution >= 4 is 54.9 Å². The number of aryl methyl sites for hydroxylation is 1. The van der Waals surface area contributed by atoms with E-state index < -0.39 is 37.6 Å². The number of carbonyl (C=O) groups excluding carboxylic acids is 1. The third kappa shape index (κ3) is 4.11. The van der Waals surface area contributed by atoms with Crippen molar-refractivity contribution in [3.8, 4) is 0 Å². The largest absolute Gasteiger partial charge is 0.383 e. The molecule has 4 rings (SSSR count). The average Bonchev–Trinajstić information content (AvgIpc) is 3.29. The zero-order chi connectivity index (χ0) is 24.8. The van der Waals surface area contributed by atoms with E-state index in [-0.39, 0.29) is 38.6 Å². The maximum Gasteiger partial charge on any atom is 0.332 e. The number of sulfonamides is 1. The van der Waals surface area contributed by atoms with Crippen molar-refractivity contribution in [3.05, 3.63) is 84.1 Å². The number of hydrogen-bond donors (Lipinski definition) is 2. The van der Waals surface area contributed by atoms with Gasteiger partial charge in [0.25, 0.3) is 21.5 Å². The zero-order valence-electron chi connectivity index (χ0n) is 18.0. The van der Waals surface area contributed by atoms with Crippen LogP contribution in [0.4, 0.5) is 5.82 Å². The quantitative estimate of drug-likeness (QED) is 0.381. The van der Waals surface area contributed by atoms with E-state index in [1.165, 1.54) is 38.4 Å². The van der Waals surface area contributed by atoms with Gasteiger partial charge in [-0.05, 0) is 46.9 Å². The molecule has 0 saturated heterocycles. The zero-order valence-corrected chi connectivity index (χ0v) is 20.4. The van der Waals surface area contributed by atoms with Crippen LogP contribution in [0.1, 0.15) is 15.9 Å². The van der Waals surface area contributed by atoms with Gasteiger partial charge in [0.15, 0.2) is 11.4 Å². The Balaban J connectivity index is 1.95. The maximum atomic E-state index is 13.3. The molecule has 3 aromatic heterocycles. The molecule has 3 N–H and O–H groups in total. The van der Waals surface area contributed by atoms with Gasteiger partial charge in [0, 0.05) is 24.7 Å². The molecule has 0 aliphatic rings. The summed E-state index contributed by atoms with van der Waals surface area (Å²) in [7, 11) is -2.01. The van der Waals surface area contributed by atoms with Gasteiger partial charge in [-0.1, -0.05) is 11.6 Å². The van der Waals surface area contributed by atoms with E-state index in [1.54, 1.807) is 0 Å². The van der Waals surface area contributed by atoms with Gasteiger partial charge >= 0.3 is 5.69 Å². The van der Waals surface area contributed by atoms with Crippen LogP contribution in [0.2, 0.25) is 5.02 Å². The molecule has 0 aliphatic heterocycles. The van der Waals surface area contributed by atoms with Crippen LogP contribution in [0.5, 0.6) is 0 Å². The van der Waals surface area contributed by atoms with Gasteiger partial charge < -0.3 is 5.73 Å². The smallest absolute Gasteiger partial charge is 0.332 e. The van der Waals surface area contributed by atoms with Crippen LogP contribution in [0.15, 0.2) is 61.6 Å². The summed E-state index contributed by atoms with van der Waals surface area (Å²) in [6, 6.07) is 8.91. The molecule has 13 heteroatoms. The minimum absolute atomic E-state index is 0.00784. The average molecular weight is 521 g/mol. The predicted octanol–water partition coefficient (Wildman–Crippen LogP) is 1.78. The topological polar surface area (TPSA) is 146 Å². The number of halogens is 1. The summed E-state index contributed by atoms with van der Waals surface area (Å²) in [4.78, 5) is 42.7. The summed E-state index contributed by atoms with van der Waals surface area (Å²) in [5.41, 5.74) is 4.82. The van der Waals surface area contributed by atoms with Crippen LogP contribution < -0.4 is 21.7 Å². The fourth-order valence-electron chi connectivity index (χ4n) is 3.52. The number of benzene rings is 1. The summed E-state index contributed by atoms with van der Waals surface area (Å²) < 4.78 is 29.7. The molecule has 0 spiro atoms. The number of hydrogen-bond acceptors (Lipinski definition) is 7. The Kier molecular flexibility index (Phi) is 6.06. The first-order valence-corrected chi connectivity index (χ1v) is 13.1. The van der Waals surface area contributed by atoms with Crippen LogP contribution >= 0.6 is 22.1 Å². The lowest BCUT2D eigenvalue weighted by Gasteiger charge is -2.15. The van der Waals surface area contributed by atoms with Crippen molar-refractivity contribution in [2.45, 2.75) is 10.6 Å². The molecule has 0 aliphatic carbocycles. The van der Waals surface area contributed by atoms with E-state index in [0.717, 1.165) is 9.13 Å². The number of carbonyl (C=O) groups is 1. The molecular weight excluding hydrogens is 502 g/mol. The lowest BCUT2D eigenvalue weighted by atomic mass is 10.1. The van der Waals surface area contributed by atoms with Gasteiger partial charge in [0.1, 0.15) is 16.6 Å². The third-order valence-corrected chi connectivity index (χ3v) is 8.46. The van der Waals surface area contributed by atoms with Crippen LogP contribution in [0.3, 0.4) is 0 Å². The minimum Gasteiger partial charge on any atom is -0.383 e. The number of rotatable bonds is 5. The summed E-state index contributed by atoms with van der Waals surface area (Å²) in [5, 5.41) is 4.13. The van der Waals surface area contributed by atoms with Crippen molar-refractivity contribution in [1.82, 2.24) is 18.8 Å². The molecule has 34 heavy (non-hydrogen) atoms. The van der Waals surface area contributed by atoms with E-state index in [2.05, 4.69) is 4.98 Å². The van der Waals surface area contributed by atoms with Crippen molar-refractivity contribution in [2.24, 2.45) is 14.1 Å². The lowest BCUT2D eigenvalue weighted by molar-refractivity contribution is 0.0981. The molecule has 0 bridgehead atoms. The normalized spacial score (nSPS) is 11.6. The van der Waals surface area contributed by atoms with Crippen molar-refractivity contribution in [1.29, 1.82) is 0 Å². The molecule has 0 fully saturated rings. The van der Waals surface area contributed by atoms with Gasteiger partial charge in [0.2, 0.25) is 0 Å². The number of aromatic nitrogens is 3. The second-order valence-electron chi connectivity index (χ2n) is 7.41. The summed E-state index contributed by atoms with van der Waals surface area (Å²) in [5.74, 6) is -1.15. The first kappa shape index (κ1) is 23.7.